The number of hydrogen-bond donors (Lipinski definition) is 2. The molecule has 142 valence electrons. The number of carboxylic acid groups (broad SMARTS) is 2. The molecule has 0 saturated carbocycles. The summed E-state index contributed by atoms with van der Waals surface area (Å²) in [6.45, 7) is 5.90. The SMILES string of the molecule is COc1ccccc1OCC#CCN1CCCC(C)C1.O=C(O)C(=O)O. The summed E-state index contributed by atoms with van der Waals surface area (Å²) in [5.41, 5.74) is 0. The third kappa shape index (κ3) is 8.40. The maximum Gasteiger partial charge on any atom is 0.414 e. The fourth-order valence-corrected chi connectivity index (χ4v) is 2.50. The number of likely N-dealkylation sites (tertiary alicyclic amines) is 1. The fourth-order valence-electron chi connectivity index (χ4n) is 2.50. The molecule has 1 fully saturated rings. The van der Waals surface area contributed by atoms with E-state index in [1.54, 1.807) is 7.11 Å². The number of ether oxygens (including phenoxy) is 2. The normalized spacial score (nSPS) is 16.3. The summed E-state index contributed by atoms with van der Waals surface area (Å²) in [6, 6.07) is 7.64. The highest BCUT2D eigenvalue weighted by atomic mass is 16.5. The van der Waals surface area contributed by atoms with Crippen LogP contribution < -0.4 is 9.47 Å². The molecule has 1 aliphatic heterocycles. The topological polar surface area (TPSA) is 96.3 Å². The molecule has 0 aliphatic carbocycles. The second-order valence-corrected chi connectivity index (χ2v) is 5.89. The second kappa shape index (κ2) is 11.8. The highest BCUT2D eigenvalue weighted by Gasteiger charge is 2.14. The fraction of sp³-hybridized carbons (Fsp3) is 0.474. The van der Waals surface area contributed by atoms with E-state index in [0.717, 1.165) is 24.0 Å². The molecule has 2 N–H and O–H groups in total. The van der Waals surface area contributed by atoms with E-state index in [0.29, 0.717) is 6.61 Å². The van der Waals surface area contributed by atoms with E-state index in [2.05, 4.69) is 23.7 Å². The minimum Gasteiger partial charge on any atom is -0.493 e. The van der Waals surface area contributed by atoms with Gasteiger partial charge >= 0.3 is 11.9 Å². The number of methoxy groups -OCH3 is 1. The predicted molar refractivity (Wildman–Crippen MR) is 96.4 cm³/mol. The summed E-state index contributed by atoms with van der Waals surface area (Å²) < 4.78 is 10.8. The molecule has 0 aromatic heterocycles. The van der Waals surface area contributed by atoms with Crippen LogP contribution in [0.15, 0.2) is 24.3 Å². The van der Waals surface area contributed by atoms with Crippen LogP contribution in [0.3, 0.4) is 0 Å². The number of aliphatic carboxylic acids is 2. The van der Waals surface area contributed by atoms with E-state index >= 15 is 0 Å². The Kier molecular flexibility index (Phi) is 9.65. The quantitative estimate of drug-likeness (QED) is 0.623. The van der Waals surface area contributed by atoms with Crippen molar-refractivity contribution in [3.8, 4) is 23.3 Å². The van der Waals surface area contributed by atoms with Crippen LogP contribution in [-0.4, -0.2) is 60.4 Å². The first-order valence-corrected chi connectivity index (χ1v) is 8.34. The third-order valence-corrected chi connectivity index (χ3v) is 3.72. The van der Waals surface area contributed by atoms with Crippen LogP contribution in [0.1, 0.15) is 19.8 Å². The highest BCUT2D eigenvalue weighted by Crippen LogP contribution is 2.25. The van der Waals surface area contributed by atoms with Crippen molar-refractivity contribution >= 4 is 11.9 Å². The Balaban J connectivity index is 0.000000487. The molecule has 0 amide bonds. The Morgan fingerprint density at radius 3 is 2.42 bits per heavy atom. The molecule has 1 aliphatic rings. The monoisotopic (exact) mass is 363 g/mol. The zero-order chi connectivity index (χ0) is 19.4. The summed E-state index contributed by atoms with van der Waals surface area (Å²) in [7, 11) is 1.64. The maximum atomic E-state index is 9.10. The van der Waals surface area contributed by atoms with E-state index in [1.807, 2.05) is 24.3 Å². The van der Waals surface area contributed by atoms with Gasteiger partial charge in [0.1, 0.15) is 6.61 Å². The van der Waals surface area contributed by atoms with Crippen molar-refractivity contribution in [1.29, 1.82) is 0 Å². The first-order chi connectivity index (χ1) is 12.4. The van der Waals surface area contributed by atoms with Crippen LogP contribution in [0.25, 0.3) is 0 Å². The highest BCUT2D eigenvalue weighted by molar-refractivity contribution is 6.27. The molecule has 26 heavy (non-hydrogen) atoms. The molecule has 7 heteroatoms. The van der Waals surface area contributed by atoms with Crippen LogP contribution in [0, 0.1) is 17.8 Å². The standard InChI is InChI=1S/C17H23NO2.C2H2O4/c1-15-8-7-12-18(14-15)11-5-6-13-20-17-10-4-3-9-16(17)19-2;3-1(4)2(5)6/h3-4,9-10,15H,7-8,11-14H2,1-2H3;(H,3,4)(H,5,6). The number of hydrogen-bond acceptors (Lipinski definition) is 5. The van der Waals surface area contributed by atoms with Gasteiger partial charge in [0, 0.05) is 6.54 Å². The van der Waals surface area contributed by atoms with Gasteiger partial charge in [0.15, 0.2) is 11.5 Å². The number of carbonyl (C=O) groups is 2. The number of benzene rings is 1. The molecule has 7 nitrogen and oxygen atoms in total. The van der Waals surface area contributed by atoms with Gasteiger partial charge in [-0.15, -0.1) is 0 Å². The summed E-state index contributed by atoms with van der Waals surface area (Å²) in [4.78, 5) is 20.6. The Hall–Kier alpha value is -2.72. The van der Waals surface area contributed by atoms with E-state index in [9.17, 15) is 0 Å². The number of rotatable bonds is 4. The van der Waals surface area contributed by atoms with Crippen molar-refractivity contribution in [1.82, 2.24) is 4.90 Å². The van der Waals surface area contributed by atoms with Crippen LogP contribution in [-0.2, 0) is 9.59 Å². The van der Waals surface area contributed by atoms with Crippen molar-refractivity contribution in [3.05, 3.63) is 24.3 Å². The largest absolute Gasteiger partial charge is 0.493 e. The number of para-hydroxylation sites is 2. The lowest BCUT2D eigenvalue weighted by Crippen LogP contribution is -2.34. The van der Waals surface area contributed by atoms with Crippen molar-refractivity contribution < 1.29 is 29.3 Å². The summed E-state index contributed by atoms with van der Waals surface area (Å²) in [5.74, 6) is 4.92. The molecule has 1 heterocycles. The van der Waals surface area contributed by atoms with Gasteiger partial charge < -0.3 is 19.7 Å². The molecule has 1 aromatic carbocycles. The molecular formula is C19H25NO6. The molecule has 0 radical (unpaired) electrons. The Morgan fingerprint density at radius 2 is 1.85 bits per heavy atom. The molecule has 0 spiro atoms. The van der Waals surface area contributed by atoms with Crippen LogP contribution in [0.5, 0.6) is 11.5 Å². The van der Waals surface area contributed by atoms with Gasteiger partial charge in [-0.2, -0.15) is 0 Å². The lowest BCUT2D eigenvalue weighted by atomic mass is 10.0. The van der Waals surface area contributed by atoms with Crippen LogP contribution in [0.2, 0.25) is 0 Å². The van der Waals surface area contributed by atoms with Crippen molar-refractivity contribution in [2.45, 2.75) is 19.8 Å². The van der Waals surface area contributed by atoms with Crippen LogP contribution in [0.4, 0.5) is 0 Å². The molecule has 1 atom stereocenters. The van der Waals surface area contributed by atoms with E-state index in [4.69, 9.17) is 29.3 Å². The predicted octanol–water partition coefficient (Wildman–Crippen LogP) is 1.96. The Morgan fingerprint density at radius 1 is 1.19 bits per heavy atom. The first kappa shape index (κ1) is 21.3. The molecule has 2 rings (SSSR count). The van der Waals surface area contributed by atoms with Crippen molar-refractivity contribution in [3.63, 3.8) is 0 Å². The van der Waals surface area contributed by atoms with Gasteiger partial charge in [-0.25, -0.2) is 9.59 Å². The zero-order valence-corrected chi connectivity index (χ0v) is 15.1. The number of piperidine rings is 1. The molecule has 1 saturated heterocycles. The van der Waals surface area contributed by atoms with Crippen molar-refractivity contribution in [2.75, 3.05) is 33.4 Å². The lowest BCUT2D eigenvalue weighted by molar-refractivity contribution is -0.159. The van der Waals surface area contributed by atoms with E-state index in [-0.39, 0.29) is 0 Å². The van der Waals surface area contributed by atoms with E-state index < -0.39 is 11.9 Å². The molecule has 1 unspecified atom stereocenters. The number of carboxylic acids is 2. The molecule has 0 bridgehead atoms. The average Bonchev–Trinajstić information content (AvgIpc) is 2.62. The first-order valence-electron chi connectivity index (χ1n) is 8.34. The summed E-state index contributed by atoms with van der Waals surface area (Å²) >= 11 is 0. The molecular weight excluding hydrogens is 338 g/mol. The minimum atomic E-state index is -1.82. The van der Waals surface area contributed by atoms with Gasteiger partial charge in [0.2, 0.25) is 0 Å². The lowest BCUT2D eigenvalue weighted by Gasteiger charge is -2.28. The number of nitrogens with zero attached hydrogens (tertiary/aromatic N) is 1. The minimum absolute atomic E-state index is 0.407. The van der Waals surface area contributed by atoms with Gasteiger partial charge in [-0.1, -0.05) is 30.9 Å². The second-order valence-electron chi connectivity index (χ2n) is 5.89. The van der Waals surface area contributed by atoms with Crippen LogP contribution >= 0.6 is 0 Å². The third-order valence-electron chi connectivity index (χ3n) is 3.72. The average molecular weight is 363 g/mol. The molecule has 1 aromatic rings. The Bertz CT molecular complexity index is 637. The van der Waals surface area contributed by atoms with Gasteiger partial charge in [-0.05, 0) is 37.4 Å². The van der Waals surface area contributed by atoms with Gasteiger partial charge in [0.25, 0.3) is 0 Å². The van der Waals surface area contributed by atoms with Crippen molar-refractivity contribution in [2.24, 2.45) is 5.92 Å². The summed E-state index contributed by atoms with van der Waals surface area (Å²) in [6.07, 6.45) is 2.64. The van der Waals surface area contributed by atoms with E-state index in [1.165, 1.54) is 25.9 Å². The van der Waals surface area contributed by atoms with Gasteiger partial charge in [-0.3, -0.25) is 4.90 Å². The van der Waals surface area contributed by atoms with Gasteiger partial charge in [0.05, 0.1) is 13.7 Å². The smallest absolute Gasteiger partial charge is 0.414 e. The Labute approximate surface area is 153 Å². The maximum absolute atomic E-state index is 9.10. The summed E-state index contributed by atoms with van der Waals surface area (Å²) in [5, 5.41) is 14.8. The zero-order valence-electron chi connectivity index (χ0n) is 15.1.